The molecule has 2 aliphatic rings. The molecule has 0 radical (unpaired) electrons. The Bertz CT molecular complexity index is 1140. The first-order valence-corrected chi connectivity index (χ1v) is 10.2. The van der Waals surface area contributed by atoms with Gasteiger partial charge < -0.3 is 9.47 Å². The SMILES string of the molecule is COC(=O)C1=CC=C(C)C2=C(C)C=C(c3cc(C)cc(C)c3)C=C(C)C2=C1C(=O)OC. The minimum atomic E-state index is -0.574. The summed E-state index contributed by atoms with van der Waals surface area (Å²) >= 11 is 0. The maximum Gasteiger partial charge on any atom is 0.339 e. The fourth-order valence-corrected chi connectivity index (χ4v) is 4.29. The van der Waals surface area contributed by atoms with Gasteiger partial charge in [-0.05, 0) is 74.1 Å². The van der Waals surface area contributed by atoms with Crippen LogP contribution in [0.3, 0.4) is 0 Å². The van der Waals surface area contributed by atoms with E-state index in [-0.39, 0.29) is 11.1 Å². The Kier molecular flexibility index (Phi) is 6.30. The van der Waals surface area contributed by atoms with Crippen LogP contribution in [0.15, 0.2) is 81.5 Å². The normalized spacial score (nSPS) is 16.4. The third kappa shape index (κ3) is 4.24. The maximum atomic E-state index is 12.9. The minimum Gasteiger partial charge on any atom is -0.465 e. The Balaban J connectivity index is 2.38. The number of ether oxygens (including phenoxy) is 2. The largest absolute Gasteiger partial charge is 0.465 e. The predicted octanol–water partition coefficient (Wildman–Crippen LogP) is 5.49. The average Bonchev–Trinajstić information content (AvgIpc) is 2.95. The molecular formula is C27H28O4. The first-order chi connectivity index (χ1) is 14.7. The molecule has 4 heteroatoms. The van der Waals surface area contributed by atoms with E-state index in [0.29, 0.717) is 5.57 Å². The van der Waals surface area contributed by atoms with E-state index < -0.39 is 11.9 Å². The smallest absolute Gasteiger partial charge is 0.339 e. The van der Waals surface area contributed by atoms with Gasteiger partial charge in [-0.15, -0.1) is 0 Å². The number of benzene rings is 1. The molecule has 1 aromatic rings. The molecule has 160 valence electrons. The Morgan fingerprint density at radius 3 is 1.90 bits per heavy atom. The van der Waals surface area contributed by atoms with Crippen LogP contribution in [-0.2, 0) is 19.1 Å². The number of esters is 2. The summed E-state index contributed by atoms with van der Waals surface area (Å²) in [7, 11) is 2.63. The summed E-state index contributed by atoms with van der Waals surface area (Å²) in [5.41, 5.74) is 9.41. The van der Waals surface area contributed by atoms with Crippen LogP contribution in [0.5, 0.6) is 0 Å². The molecule has 0 heterocycles. The molecule has 0 aromatic heterocycles. The molecule has 4 nitrogen and oxygen atoms in total. The zero-order chi connectivity index (χ0) is 22.9. The van der Waals surface area contributed by atoms with E-state index in [0.717, 1.165) is 33.4 Å². The van der Waals surface area contributed by atoms with Crippen molar-refractivity contribution in [3.63, 3.8) is 0 Å². The van der Waals surface area contributed by atoms with Crippen molar-refractivity contribution in [2.45, 2.75) is 34.6 Å². The quantitative estimate of drug-likeness (QED) is 0.611. The third-order valence-corrected chi connectivity index (χ3v) is 5.55. The van der Waals surface area contributed by atoms with Crippen LogP contribution in [-0.4, -0.2) is 26.2 Å². The van der Waals surface area contributed by atoms with Crippen molar-refractivity contribution >= 4 is 17.5 Å². The molecule has 1 aromatic carbocycles. The molecule has 0 saturated carbocycles. The van der Waals surface area contributed by atoms with Gasteiger partial charge in [0.1, 0.15) is 0 Å². The van der Waals surface area contributed by atoms with Crippen LogP contribution in [0.1, 0.15) is 37.5 Å². The highest BCUT2D eigenvalue weighted by Gasteiger charge is 2.31. The fraction of sp³-hybridized carbons (Fsp3) is 0.259. The van der Waals surface area contributed by atoms with Crippen molar-refractivity contribution in [3.8, 4) is 0 Å². The monoisotopic (exact) mass is 416 g/mol. The zero-order valence-corrected chi connectivity index (χ0v) is 19.2. The lowest BCUT2D eigenvalue weighted by Crippen LogP contribution is -2.18. The molecule has 0 fully saturated rings. The summed E-state index contributed by atoms with van der Waals surface area (Å²) < 4.78 is 10.1. The Hall–Kier alpha value is -3.40. The number of rotatable bonds is 3. The molecule has 3 rings (SSSR count). The van der Waals surface area contributed by atoms with E-state index in [1.165, 1.54) is 25.3 Å². The van der Waals surface area contributed by atoms with Gasteiger partial charge in [-0.3, -0.25) is 0 Å². The molecule has 0 atom stereocenters. The highest BCUT2D eigenvalue weighted by Crippen LogP contribution is 2.40. The summed E-state index contributed by atoms with van der Waals surface area (Å²) in [5.74, 6) is -1.14. The zero-order valence-electron chi connectivity index (χ0n) is 19.2. The van der Waals surface area contributed by atoms with Gasteiger partial charge in [0, 0.05) is 5.57 Å². The van der Waals surface area contributed by atoms with Crippen LogP contribution in [0.4, 0.5) is 0 Å². The lowest BCUT2D eigenvalue weighted by Gasteiger charge is -2.18. The number of aryl methyl sites for hydroxylation is 2. The van der Waals surface area contributed by atoms with E-state index in [1.807, 2.05) is 26.8 Å². The molecule has 0 spiro atoms. The van der Waals surface area contributed by atoms with Crippen LogP contribution < -0.4 is 0 Å². The van der Waals surface area contributed by atoms with Crippen molar-refractivity contribution in [3.05, 3.63) is 98.2 Å². The number of allylic oxidation sites excluding steroid dienone is 10. The second kappa shape index (κ2) is 8.76. The highest BCUT2D eigenvalue weighted by atomic mass is 16.5. The Morgan fingerprint density at radius 1 is 0.710 bits per heavy atom. The molecule has 0 unspecified atom stereocenters. The molecule has 0 saturated heterocycles. The molecule has 0 N–H and O–H groups in total. The van der Waals surface area contributed by atoms with Crippen LogP contribution in [0, 0.1) is 13.8 Å². The van der Waals surface area contributed by atoms with Crippen molar-refractivity contribution < 1.29 is 19.1 Å². The minimum absolute atomic E-state index is 0.189. The molecule has 0 bridgehead atoms. The number of hydrogen-bond donors (Lipinski definition) is 0. The third-order valence-electron chi connectivity index (χ3n) is 5.55. The Morgan fingerprint density at radius 2 is 1.32 bits per heavy atom. The molecule has 0 amide bonds. The second-order valence-corrected chi connectivity index (χ2v) is 8.02. The van der Waals surface area contributed by atoms with Crippen LogP contribution in [0.2, 0.25) is 0 Å². The molecule has 0 aliphatic heterocycles. The van der Waals surface area contributed by atoms with Crippen LogP contribution >= 0.6 is 0 Å². The van der Waals surface area contributed by atoms with Gasteiger partial charge in [0.15, 0.2) is 0 Å². The summed E-state index contributed by atoms with van der Waals surface area (Å²) in [6, 6.07) is 6.45. The van der Waals surface area contributed by atoms with Gasteiger partial charge in [-0.2, -0.15) is 0 Å². The highest BCUT2D eigenvalue weighted by molar-refractivity contribution is 6.09. The van der Waals surface area contributed by atoms with E-state index >= 15 is 0 Å². The summed E-state index contributed by atoms with van der Waals surface area (Å²) in [6.07, 6.45) is 7.69. The van der Waals surface area contributed by atoms with Crippen LogP contribution in [0.25, 0.3) is 5.57 Å². The topological polar surface area (TPSA) is 52.6 Å². The number of hydrogen-bond acceptors (Lipinski definition) is 4. The van der Waals surface area contributed by atoms with E-state index in [4.69, 9.17) is 9.47 Å². The molecule has 2 aliphatic carbocycles. The van der Waals surface area contributed by atoms with Gasteiger partial charge in [-0.1, -0.05) is 47.6 Å². The fourth-order valence-electron chi connectivity index (χ4n) is 4.29. The number of methoxy groups -OCH3 is 2. The van der Waals surface area contributed by atoms with Crippen molar-refractivity contribution in [2.75, 3.05) is 14.2 Å². The van der Waals surface area contributed by atoms with Crippen molar-refractivity contribution in [1.82, 2.24) is 0 Å². The second-order valence-electron chi connectivity index (χ2n) is 8.02. The summed E-state index contributed by atoms with van der Waals surface area (Å²) in [6.45, 7) is 10.1. The number of carbonyl (C=O) groups excluding carboxylic acids is 2. The van der Waals surface area contributed by atoms with Gasteiger partial charge in [0.25, 0.3) is 0 Å². The maximum absolute atomic E-state index is 12.9. The van der Waals surface area contributed by atoms with Gasteiger partial charge >= 0.3 is 11.9 Å². The van der Waals surface area contributed by atoms with Gasteiger partial charge in [0.05, 0.1) is 25.4 Å². The van der Waals surface area contributed by atoms with E-state index in [9.17, 15) is 9.59 Å². The number of fused-ring (bicyclic) bond motifs is 1. The summed E-state index contributed by atoms with van der Waals surface area (Å²) in [5, 5.41) is 0. The molecule has 31 heavy (non-hydrogen) atoms. The van der Waals surface area contributed by atoms with Crippen molar-refractivity contribution in [2.24, 2.45) is 0 Å². The first-order valence-electron chi connectivity index (χ1n) is 10.2. The van der Waals surface area contributed by atoms with E-state index in [1.54, 1.807) is 6.08 Å². The summed E-state index contributed by atoms with van der Waals surface area (Å²) in [4.78, 5) is 25.5. The molecular weight excluding hydrogens is 388 g/mol. The van der Waals surface area contributed by atoms with E-state index in [2.05, 4.69) is 44.2 Å². The lowest BCUT2D eigenvalue weighted by atomic mass is 9.86. The standard InChI is InChI=1S/C27H28O4/c1-15-10-16(2)12-20(11-15)21-13-18(4)23-17(3)8-9-22(26(28)30-6)25(27(29)31-7)24(23)19(5)14-21/h8-14H,1-7H3. The number of carbonyl (C=O) groups is 2. The van der Waals surface area contributed by atoms with Gasteiger partial charge in [-0.25, -0.2) is 9.59 Å². The first kappa shape index (κ1) is 22.3. The average molecular weight is 417 g/mol. The van der Waals surface area contributed by atoms with Gasteiger partial charge in [0.2, 0.25) is 0 Å². The predicted molar refractivity (Wildman–Crippen MR) is 123 cm³/mol. The lowest BCUT2D eigenvalue weighted by molar-refractivity contribution is -0.139. The van der Waals surface area contributed by atoms with Crippen molar-refractivity contribution in [1.29, 1.82) is 0 Å². The Labute approximate surface area is 183 Å².